The van der Waals surface area contributed by atoms with Crippen molar-refractivity contribution in [2.75, 3.05) is 31.1 Å². The predicted molar refractivity (Wildman–Crippen MR) is 143 cm³/mol. The summed E-state index contributed by atoms with van der Waals surface area (Å²) in [7, 11) is -3.59. The number of carbonyl (C=O) groups is 1. The number of nitrogens with zero attached hydrogens (tertiary/aromatic N) is 3. The van der Waals surface area contributed by atoms with Crippen LogP contribution >= 0.6 is 0 Å². The van der Waals surface area contributed by atoms with Crippen LogP contribution in [0.3, 0.4) is 0 Å². The van der Waals surface area contributed by atoms with Crippen molar-refractivity contribution < 1.29 is 17.9 Å². The first-order valence-corrected chi connectivity index (χ1v) is 14.8. The fraction of sp³-hybridized carbons (Fsp3) is 0.519. The molecule has 198 valence electrons. The van der Waals surface area contributed by atoms with Gasteiger partial charge in [0.15, 0.2) is 0 Å². The Kier molecular flexibility index (Phi) is 7.64. The van der Waals surface area contributed by atoms with Crippen molar-refractivity contribution >= 4 is 27.6 Å². The molecule has 2 fully saturated rings. The number of hydrogen-bond donors (Lipinski definition) is 2. The molecule has 1 aliphatic carbocycles. The number of benzene rings is 1. The summed E-state index contributed by atoms with van der Waals surface area (Å²) in [5, 5.41) is 3.12. The quantitative estimate of drug-likeness (QED) is 0.568. The summed E-state index contributed by atoms with van der Waals surface area (Å²) in [6.07, 6.45) is 9.92. The highest BCUT2D eigenvalue weighted by Gasteiger charge is 2.27. The maximum absolute atomic E-state index is 12.8. The molecule has 1 atom stereocenters. The number of piperidine rings is 1. The number of amidine groups is 1. The van der Waals surface area contributed by atoms with Crippen LogP contribution in [-0.2, 0) is 15.8 Å². The van der Waals surface area contributed by atoms with Gasteiger partial charge in [-0.1, -0.05) is 31.4 Å². The monoisotopic (exact) mass is 525 g/mol. The largest absolute Gasteiger partial charge is 0.492 e. The average Bonchev–Trinajstić information content (AvgIpc) is 2.90. The van der Waals surface area contributed by atoms with E-state index in [4.69, 9.17) is 10.5 Å². The number of sulfonamides is 1. The van der Waals surface area contributed by atoms with Crippen molar-refractivity contribution in [3.05, 3.63) is 53.2 Å². The maximum atomic E-state index is 12.8. The van der Waals surface area contributed by atoms with E-state index in [1.807, 2.05) is 6.07 Å². The van der Waals surface area contributed by atoms with Crippen LogP contribution in [-0.4, -0.2) is 51.4 Å². The third kappa shape index (κ3) is 6.23. The minimum absolute atomic E-state index is 0.0232. The van der Waals surface area contributed by atoms with E-state index in [1.54, 1.807) is 30.5 Å². The van der Waals surface area contributed by atoms with E-state index in [1.165, 1.54) is 32.1 Å². The summed E-state index contributed by atoms with van der Waals surface area (Å²) in [4.78, 5) is 19.5. The highest BCUT2D eigenvalue weighted by Crippen LogP contribution is 2.30. The van der Waals surface area contributed by atoms with Crippen LogP contribution in [0.25, 0.3) is 0 Å². The van der Waals surface area contributed by atoms with Crippen LogP contribution in [0.1, 0.15) is 66.4 Å². The van der Waals surface area contributed by atoms with Crippen LogP contribution in [0.2, 0.25) is 0 Å². The van der Waals surface area contributed by atoms with E-state index >= 15 is 0 Å². The van der Waals surface area contributed by atoms with Gasteiger partial charge in [0.25, 0.3) is 15.9 Å². The molecular weight excluding hydrogens is 490 g/mol. The molecule has 9 nitrogen and oxygen atoms in total. The predicted octanol–water partition coefficient (Wildman–Crippen LogP) is 3.24. The molecule has 1 saturated heterocycles. The Morgan fingerprint density at radius 3 is 2.76 bits per heavy atom. The number of hydrogen-bond acceptors (Lipinski definition) is 7. The molecule has 0 bridgehead atoms. The summed E-state index contributed by atoms with van der Waals surface area (Å²) in [6, 6.07) is 8.98. The molecule has 1 aromatic carbocycles. The maximum Gasteiger partial charge on any atom is 0.259 e. The fourth-order valence-electron chi connectivity index (χ4n) is 5.61. The van der Waals surface area contributed by atoms with E-state index in [0.29, 0.717) is 35.0 Å². The normalized spacial score (nSPS) is 21.6. The first-order chi connectivity index (χ1) is 17.9. The Labute approximate surface area is 218 Å². The Hall–Kier alpha value is -3.14. The van der Waals surface area contributed by atoms with Gasteiger partial charge in [0, 0.05) is 37.3 Å². The Balaban J connectivity index is 1.20. The van der Waals surface area contributed by atoms with Crippen molar-refractivity contribution in [1.29, 1.82) is 0 Å². The molecule has 0 spiro atoms. The SMILES string of the molecule is NC1=NS(=O)(=O)Cc2cccc(OC[C@H]3CCCN(c4cc(C(=O)NCC5CCCCC5)ccn4)C3)c21. The summed E-state index contributed by atoms with van der Waals surface area (Å²) in [6.45, 7) is 2.83. The number of ether oxygens (including phenoxy) is 1. The smallest absolute Gasteiger partial charge is 0.259 e. The van der Waals surface area contributed by atoms with Gasteiger partial charge < -0.3 is 20.7 Å². The third-order valence-corrected chi connectivity index (χ3v) is 8.70. The van der Waals surface area contributed by atoms with Crippen LogP contribution in [0.4, 0.5) is 5.82 Å². The molecule has 37 heavy (non-hydrogen) atoms. The lowest BCUT2D eigenvalue weighted by Gasteiger charge is -2.33. The Morgan fingerprint density at radius 2 is 1.92 bits per heavy atom. The van der Waals surface area contributed by atoms with Crippen molar-refractivity contribution in [3.63, 3.8) is 0 Å². The Morgan fingerprint density at radius 1 is 1.11 bits per heavy atom. The Bertz CT molecular complexity index is 1270. The number of amides is 1. The van der Waals surface area contributed by atoms with E-state index in [2.05, 4.69) is 19.6 Å². The number of anilines is 1. The lowest BCUT2D eigenvalue weighted by atomic mass is 9.89. The number of carbonyl (C=O) groups excluding carboxylic acids is 1. The van der Waals surface area contributed by atoms with Gasteiger partial charge in [0.1, 0.15) is 17.4 Å². The van der Waals surface area contributed by atoms with Crippen LogP contribution in [0, 0.1) is 11.8 Å². The number of aromatic nitrogens is 1. The average molecular weight is 526 g/mol. The number of nitrogens with one attached hydrogen (secondary N) is 1. The molecule has 1 saturated carbocycles. The van der Waals surface area contributed by atoms with Crippen LogP contribution < -0.4 is 20.7 Å². The first-order valence-electron chi connectivity index (χ1n) is 13.2. The lowest BCUT2D eigenvalue weighted by Crippen LogP contribution is -2.38. The molecule has 1 aromatic heterocycles. The van der Waals surface area contributed by atoms with Crippen LogP contribution in [0.15, 0.2) is 40.9 Å². The number of fused-ring (bicyclic) bond motifs is 1. The molecule has 0 radical (unpaired) electrons. The lowest BCUT2D eigenvalue weighted by molar-refractivity contribution is 0.0943. The standard InChI is InChI=1S/C27H35N5O4S/c28-26-25-22(18-37(34,35)31-26)9-4-10-23(25)36-17-20-8-5-13-32(16-20)24-14-21(11-12-29-24)27(33)30-15-19-6-2-1-3-7-19/h4,9-12,14,19-20H,1-3,5-8,13,15-18H2,(H2,28,31)(H,30,33)/t20-/m0/s1. The molecule has 5 rings (SSSR count). The molecule has 2 aliphatic heterocycles. The molecule has 2 aromatic rings. The van der Waals surface area contributed by atoms with E-state index < -0.39 is 10.0 Å². The molecule has 3 aliphatic rings. The fourth-order valence-corrected chi connectivity index (χ4v) is 6.70. The van der Waals surface area contributed by atoms with Gasteiger partial charge in [-0.15, -0.1) is 4.40 Å². The highest BCUT2D eigenvalue weighted by molar-refractivity contribution is 7.89. The van der Waals surface area contributed by atoms with Crippen molar-refractivity contribution in [2.45, 2.75) is 50.7 Å². The molecule has 3 heterocycles. The van der Waals surface area contributed by atoms with Crippen molar-refractivity contribution in [2.24, 2.45) is 22.0 Å². The highest BCUT2D eigenvalue weighted by atomic mass is 32.2. The number of nitrogens with two attached hydrogens (primary N) is 1. The number of rotatable bonds is 7. The topological polar surface area (TPSA) is 127 Å². The van der Waals surface area contributed by atoms with E-state index in [9.17, 15) is 13.2 Å². The van der Waals surface area contributed by atoms with Crippen molar-refractivity contribution in [1.82, 2.24) is 10.3 Å². The molecule has 1 amide bonds. The zero-order valence-corrected chi connectivity index (χ0v) is 21.9. The second-order valence-electron chi connectivity index (χ2n) is 10.4. The molecular formula is C27H35N5O4S. The van der Waals surface area contributed by atoms with Gasteiger partial charge in [0.2, 0.25) is 0 Å². The summed E-state index contributed by atoms with van der Waals surface area (Å²) >= 11 is 0. The molecule has 10 heteroatoms. The van der Waals surface area contributed by atoms with E-state index in [0.717, 1.165) is 38.3 Å². The summed E-state index contributed by atoms with van der Waals surface area (Å²) in [5.41, 5.74) is 7.79. The van der Waals surface area contributed by atoms with E-state index in [-0.39, 0.29) is 23.4 Å². The summed E-state index contributed by atoms with van der Waals surface area (Å²) < 4.78 is 33.7. The zero-order chi connectivity index (χ0) is 25.8. The summed E-state index contributed by atoms with van der Waals surface area (Å²) in [5.74, 6) is 1.96. The third-order valence-electron chi connectivity index (χ3n) is 7.55. The van der Waals surface area contributed by atoms with Gasteiger partial charge in [-0.25, -0.2) is 13.4 Å². The first kappa shape index (κ1) is 25.5. The second kappa shape index (κ2) is 11.1. The second-order valence-corrected chi connectivity index (χ2v) is 12.0. The zero-order valence-electron chi connectivity index (χ0n) is 21.1. The molecule has 3 N–H and O–H groups in total. The van der Waals surface area contributed by atoms with Gasteiger partial charge in [-0.05, 0) is 55.4 Å². The minimum atomic E-state index is -3.59. The molecule has 0 unspecified atom stereocenters. The van der Waals surface area contributed by atoms with Gasteiger partial charge in [-0.3, -0.25) is 4.79 Å². The van der Waals surface area contributed by atoms with Gasteiger partial charge >= 0.3 is 0 Å². The van der Waals surface area contributed by atoms with Crippen molar-refractivity contribution in [3.8, 4) is 5.75 Å². The number of pyridine rings is 1. The van der Waals surface area contributed by atoms with Gasteiger partial charge in [0.05, 0.1) is 17.9 Å². The van der Waals surface area contributed by atoms with Gasteiger partial charge in [-0.2, -0.15) is 0 Å². The minimum Gasteiger partial charge on any atom is -0.492 e. The van der Waals surface area contributed by atoms with Crippen LogP contribution in [0.5, 0.6) is 5.75 Å².